The second-order valence-electron chi connectivity index (χ2n) is 6.99. The van der Waals surface area contributed by atoms with Crippen molar-refractivity contribution >= 4 is 5.97 Å². The van der Waals surface area contributed by atoms with Gasteiger partial charge in [0.2, 0.25) is 0 Å². The highest BCUT2D eigenvalue weighted by Gasteiger charge is 2.14. The molecule has 0 amide bonds. The first-order chi connectivity index (χ1) is 12.3. The minimum Gasteiger partial charge on any atom is -0.423 e. The Morgan fingerprint density at radius 1 is 0.654 bits per heavy atom. The average molecular weight is 344 g/mol. The maximum atomic E-state index is 12.6. The topological polar surface area (TPSA) is 26.3 Å². The van der Waals surface area contributed by atoms with Crippen LogP contribution < -0.4 is 4.74 Å². The van der Waals surface area contributed by atoms with E-state index in [0.717, 1.165) is 27.8 Å². The first-order valence-electron chi connectivity index (χ1n) is 8.83. The first kappa shape index (κ1) is 17.9. The van der Waals surface area contributed by atoms with Crippen molar-refractivity contribution in [3.8, 4) is 16.9 Å². The summed E-state index contributed by atoms with van der Waals surface area (Å²) in [6.07, 6.45) is 0. The molecule has 0 aliphatic carbocycles. The number of rotatable bonds is 3. The van der Waals surface area contributed by atoms with Crippen molar-refractivity contribution in [3.05, 3.63) is 88.0 Å². The minimum absolute atomic E-state index is 0.318. The van der Waals surface area contributed by atoms with E-state index < -0.39 is 0 Å². The van der Waals surface area contributed by atoms with Crippen LogP contribution in [-0.2, 0) is 0 Å². The van der Waals surface area contributed by atoms with Crippen molar-refractivity contribution in [1.29, 1.82) is 0 Å². The molecule has 0 atom stereocenters. The second kappa shape index (κ2) is 7.17. The lowest BCUT2D eigenvalue weighted by atomic mass is 9.97. The predicted octanol–water partition coefficient (Wildman–Crippen LogP) is 6.11. The molecular weight excluding hydrogens is 320 g/mol. The van der Waals surface area contributed by atoms with Gasteiger partial charge in [0.15, 0.2) is 0 Å². The maximum Gasteiger partial charge on any atom is 0.343 e. The van der Waals surface area contributed by atoms with Crippen LogP contribution in [0.4, 0.5) is 0 Å². The van der Waals surface area contributed by atoms with Gasteiger partial charge in [-0.1, -0.05) is 48.0 Å². The van der Waals surface area contributed by atoms with Crippen LogP contribution in [0.15, 0.2) is 54.6 Å². The maximum absolute atomic E-state index is 12.6. The summed E-state index contributed by atoms with van der Waals surface area (Å²) >= 11 is 0. The Balaban J connectivity index is 1.87. The molecule has 132 valence electrons. The summed E-state index contributed by atoms with van der Waals surface area (Å²) in [4.78, 5) is 12.6. The van der Waals surface area contributed by atoms with Gasteiger partial charge < -0.3 is 4.74 Å². The highest BCUT2D eigenvalue weighted by atomic mass is 16.5. The Labute approximate surface area is 155 Å². The second-order valence-corrected chi connectivity index (χ2v) is 6.99. The molecule has 0 aliphatic rings. The van der Waals surface area contributed by atoms with Crippen molar-refractivity contribution in [2.75, 3.05) is 0 Å². The van der Waals surface area contributed by atoms with Gasteiger partial charge in [0.1, 0.15) is 5.75 Å². The SMILES string of the molecule is Cc1ccc(OC(=O)c2ccc(-c3ccc(C)c(C)c3)cc2C)c(C)c1. The molecule has 3 aromatic rings. The van der Waals surface area contributed by atoms with Gasteiger partial charge in [0.25, 0.3) is 0 Å². The number of carbonyl (C=O) groups is 1. The van der Waals surface area contributed by atoms with Gasteiger partial charge in [-0.25, -0.2) is 4.79 Å². The molecule has 2 nitrogen and oxygen atoms in total. The molecule has 0 saturated heterocycles. The molecule has 3 aromatic carbocycles. The zero-order valence-corrected chi connectivity index (χ0v) is 16.0. The van der Waals surface area contributed by atoms with Crippen LogP contribution in [0, 0.1) is 34.6 Å². The monoisotopic (exact) mass is 344 g/mol. The summed E-state index contributed by atoms with van der Waals surface area (Å²) in [6, 6.07) is 18.1. The molecule has 0 spiro atoms. The molecular formula is C24H24O2. The molecule has 0 saturated carbocycles. The smallest absolute Gasteiger partial charge is 0.343 e. The predicted molar refractivity (Wildman–Crippen MR) is 107 cm³/mol. The van der Waals surface area contributed by atoms with E-state index in [4.69, 9.17) is 4.74 Å². The molecule has 0 heterocycles. The Hall–Kier alpha value is -2.87. The van der Waals surface area contributed by atoms with E-state index in [-0.39, 0.29) is 5.97 Å². The number of carbonyl (C=O) groups excluding carboxylic acids is 1. The van der Waals surface area contributed by atoms with Crippen LogP contribution in [0.25, 0.3) is 11.1 Å². The van der Waals surface area contributed by atoms with Crippen molar-refractivity contribution in [2.24, 2.45) is 0 Å². The molecule has 0 aromatic heterocycles. The molecule has 26 heavy (non-hydrogen) atoms. The average Bonchev–Trinajstić information content (AvgIpc) is 2.59. The Morgan fingerprint density at radius 3 is 1.92 bits per heavy atom. The van der Waals surface area contributed by atoms with E-state index in [9.17, 15) is 4.79 Å². The number of aryl methyl sites for hydroxylation is 5. The molecule has 0 radical (unpaired) electrons. The molecule has 2 heteroatoms. The number of esters is 1. The fourth-order valence-corrected chi connectivity index (χ4v) is 3.06. The first-order valence-corrected chi connectivity index (χ1v) is 8.83. The van der Waals surface area contributed by atoms with Gasteiger partial charge in [0.05, 0.1) is 5.56 Å². The fourth-order valence-electron chi connectivity index (χ4n) is 3.06. The molecule has 0 unspecified atom stereocenters. The summed E-state index contributed by atoms with van der Waals surface area (Å²) in [5, 5.41) is 0. The van der Waals surface area contributed by atoms with Crippen LogP contribution in [0.2, 0.25) is 0 Å². The van der Waals surface area contributed by atoms with Gasteiger partial charge >= 0.3 is 5.97 Å². The standard InChI is InChI=1S/C24H24O2/c1-15-6-11-23(19(5)12-15)26-24(25)22-10-9-21(14-18(22)4)20-8-7-16(2)17(3)13-20/h6-14H,1-5H3. The molecule has 0 fully saturated rings. The highest BCUT2D eigenvalue weighted by molar-refractivity contribution is 5.93. The summed E-state index contributed by atoms with van der Waals surface area (Å²) in [6.45, 7) is 10.1. The van der Waals surface area contributed by atoms with Crippen LogP contribution in [0.3, 0.4) is 0 Å². The summed E-state index contributed by atoms with van der Waals surface area (Å²) in [5.74, 6) is 0.291. The van der Waals surface area contributed by atoms with Gasteiger partial charge in [-0.05, 0) is 80.1 Å². The van der Waals surface area contributed by atoms with Crippen molar-refractivity contribution < 1.29 is 9.53 Å². The molecule has 0 N–H and O–H groups in total. The number of ether oxygens (including phenoxy) is 1. The zero-order valence-electron chi connectivity index (χ0n) is 16.0. The van der Waals surface area contributed by atoms with Crippen molar-refractivity contribution in [2.45, 2.75) is 34.6 Å². The van der Waals surface area contributed by atoms with Gasteiger partial charge in [-0.15, -0.1) is 0 Å². The van der Waals surface area contributed by atoms with Crippen LogP contribution >= 0.6 is 0 Å². The summed E-state index contributed by atoms with van der Waals surface area (Å²) in [7, 11) is 0. The minimum atomic E-state index is -0.318. The summed E-state index contributed by atoms with van der Waals surface area (Å²) in [5.41, 5.74) is 8.42. The van der Waals surface area contributed by atoms with Gasteiger partial charge in [-0.3, -0.25) is 0 Å². The van der Waals surface area contributed by atoms with E-state index in [1.54, 1.807) is 0 Å². The number of hydrogen-bond donors (Lipinski definition) is 0. The lowest BCUT2D eigenvalue weighted by Gasteiger charge is -2.11. The van der Waals surface area contributed by atoms with E-state index in [2.05, 4.69) is 32.0 Å². The number of hydrogen-bond acceptors (Lipinski definition) is 2. The highest BCUT2D eigenvalue weighted by Crippen LogP contribution is 2.26. The Bertz CT molecular complexity index is 983. The van der Waals surface area contributed by atoms with E-state index in [1.807, 2.05) is 57.2 Å². The van der Waals surface area contributed by atoms with Crippen molar-refractivity contribution in [1.82, 2.24) is 0 Å². The van der Waals surface area contributed by atoms with Crippen LogP contribution in [0.1, 0.15) is 38.2 Å². The Morgan fingerprint density at radius 2 is 1.31 bits per heavy atom. The fraction of sp³-hybridized carbons (Fsp3) is 0.208. The van der Waals surface area contributed by atoms with Gasteiger partial charge in [-0.2, -0.15) is 0 Å². The molecule has 0 aliphatic heterocycles. The zero-order chi connectivity index (χ0) is 18.8. The normalized spacial score (nSPS) is 10.7. The Kier molecular flexibility index (Phi) is 4.94. The third-order valence-electron chi connectivity index (χ3n) is 4.82. The van der Waals surface area contributed by atoms with Crippen LogP contribution in [-0.4, -0.2) is 5.97 Å². The van der Waals surface area contributed by atoms with E-state index in [1.165, 1.54) is 11.1 Å². The quantitative estimate of drug-likeness (QED) is 0.423. The summed E-state index contributed by atoms with van der Waals surface area (Å²) < 4.78 is 5.61. The molecule has 3 rings (SSSR count). The van der Waals surface area contributed by atoms with Crippen molar-refractivity contribution in [3.63, 3.8) is 0 Å². The largest absolute Gasteiger partial charge is 0.423 e. The van der Waals surface area contributed by atoms with Crippen LogP contribution in [0.5, 0.6) is 5.75 Å². The lowest BCUT2D eigenvalue weighted by molar-refractivity contribution is 0.0733. The van der Waals surface area contributed by atoms with Gasteiger partial charge in [0, 0.05) is 0 Å². The number of benzene rings is 3. The molecule has 0 bridgehead atoms. The third-order valence-corrected chi connectivity index (χ3v) is 4.82. The van der Waals surface area contributed by atoms with E-state index in [0.29, 0.717) is 11.3 Å². The van der Waals surface area contributed by atoms with E-state index >= 15 is 0 Å². The lowest BCUT2D eigenvalue weighted by Crippen LogP contribution is -2.11. The third kappa shape index (κ3) is 3.70.